The van der Waals surface area contributed by atoms with E-state index in [4.69, 9.17) is 14.7 Å². The van der Waals surface area contributed by atoms with Crippen LogP contribution < -0.4 is 10.5 Å². The Labute approximate surface area is 115 Å². The molecule has 0 fully saturated rings. The summed E-state index contributed by atoms with van der Waals surface area (Å²) in [4.78, 5) is 10.9. The molecule has 0 saturated heterocycles. The number of aromatic carboxylic acids is 1. The smallest absolute Gasteiger partial charge is 0.337 e. The van der Waals surface area contributed by atoms with Gasteiger partial charge in [-0.1, -0.05) is 6.07 Å². The Balaban J connectivity index is 2.44. The fourth-order valence-electron chi connectivity index (χ4n) is 1.72. The Bertz CT molecular complexity index is 722. The van der Waals surface area contributed by atoms with Crippen molar-refractivity contribution >= 4 is 21.7 Å². The molecule has 0 aliphatic heterocycles. The highest BCUT2D eigenvalue weighted by Crippen LogP contribution is 2.25. The quantitative estimate of drug-likeness (QED) is 0.762. The number of anilines is 1. The lowest BCUT2D eigenvalue weighted by Gasteiger charge is -2.12. The molecule has 0 radical (unpaired) electrons. The number of carboxylic acids is 1. The topological polar surface area (TPSA) is 123 Å². The van der Waals surface area contributed by atoms with Crippen LogP contribution in [0.25, 0.3) is 0 Å². The molecule has 2 aromatic rings. The first kappa shape index (κ1) is 14.1. The van der Waals surface area contributed by atoms with Crippen LogP contribution in [-0.2, 0) is 16.6 Å². The number of hydrogen-bond donors (Lipinski definition) is 3. The van der Waals surface area contributed by atoms with Gasteiger partial charge in [0.25, 0.3) is 0 Å². The molecule has 20 heavy (non-hydrogen) atoms. The summed E-state index contributed by atoms with van der Waals surface area (Å²) in [6, 6.07) is 7.20. The SMILES string of the molecule is NS(=O)(=O)c1cccc(C(=O)O)c1NCc1ccco1. The molecule has 4 N–H and O–H groups in total. The fourth-order valence-corrected chi connectivity index (χ4v) is 2.45. The number of carboxylic acid groups (broad SMARTS) is 1. The molecule has 0 aliphatic rings. The molecule has 106 valence electrons. The maximum absolute atomic E-state index is 11.5. The number of hydrogen-bond acceptors (Lipinski definition) is 5. The summed E-state index contributed by atoms with van der Waals surface area (Å²) in [6.45, 7) is 0.139. The van der Waals surface area contributed by atoms with Crippen LogP contribution in [-0.4, -0.2) is 19.5 Å². The average Bonchev–Trinajstić information content (AvgIpc) is 2.87. The van der Waals surface area contributed by atoms with Gasteiger partial charge in [-0.2, -0.15) is 0 Å². The Morgan fingerprint density at radius 3 is 2.60 bits per heavy atom. The molecule has 0 atom stereocenters. The summed E-state index contributed by atoms with van der Waals surface area (Å²) in [6.07, 6.45) is 1.46. The zero-order valence-corrected chi connectivity index (χ0v) is 11.1. The lowest BCUT2D eigenvalue weighted by Crippen LogP contribution is -2.17. The van der Waals surface area contributed by atoms with Gasteiger partial charge in [0.2, 0.25) is 10.0 Å². The highest BCUT2D eigenvalue weighted by Gasteiger charge is 2.20. The predicted octanol–water partition coefficient (Wildman–Crippen LogP) is 1.24. The van der Waals surface area contributed by atoms with E-state index in [2.05, 4.69) is 5.32 Å². The summed E-state index contributed by atoms with van der Waals surface area (Å²) in [5.74, 6) is -0.719. The van der Waals surface area contributed by atoms with Gasteiger partial charge in [0.05, 0.1) is 24.1 Å². The summed E-state index contributed by atoms with van der Waals surface area (Å²) in [5.41, 5.74) is -0.234. The number of nitrogens with one attached hydrogen (secondary N) is 1. The van der Waals surface area contributed by atoms with E-state index in [1.165, 1.54) is 24.5 Å². The summed E-state index contributed by atoms with van der Waals surface area (Å²) in [7, 11) is -4.04. The second kappa shape index (κ2) is 5.35. The Morgan fingerprint density at radius 2 is 2.05 bits per heavy atom. The number of benzene rings is 1. The van der Waals surface area contributed by atoms with E-state index in [-0.39, 0.29) is 22.7 Å². The van der Waals surface area contributed by atoms with Gasteiger partial charge in [-0.3, -0.25) is 0 Å². The second-order valence-electron chi connectivity index (χ2n) is 3.96. The van der Waals surface area contributed by atoms with Crippen LogP contribution in [0.1, 0.15) is 16.1 Å². The van der Waals surface area contributed by atoms with Gasteiger partial charge in [-0.25, -0.2) is 18.4 Å². The number of carbonyl (C=O) groups is 1. The van der Waals surface area contributed by atoms with Gasteiger partial charge >= 0.3 is 5.97 Å². The van der Waals surface area contributed by atoms with Crippen LogP contribution in [0.4, 0.5) is 5.69 Å². The summed E-state index contributed by atoms with van der Waals surface area (Å²) in [5, 5.41) is 16.9. The van der Waals surface area contributed by atoms with Crippen LogP contribution in [0.2, 0.25) is 0 Å². The van der Waals surface area contributed by atoms with Crippen molar-refractivity contribution < 1.29 is 22.7 Å². The molecule has 0 aliphatic carbocycles. The zero-order valence-electron chi connectivity index (χ0n) is 10.2. The molecule has 0 spiro atoms. The van der Waals surface area contributed by atoms with Crippen molar-refractivity contribution in [2.75, 3.05) is 5.32 Å². The van der Waals surface area contributed by atoms with Crippen LogP contribution >= 0.6 is 0 Å². The molecular weight excluding hydrogens is 284 g/mol. The number of sulfonamides is 1. The van der Waals surface area contributed by atoms with E-state index in [0.717, 1.165) is 0 Å². The molecule has 0 unspecified atom stereocenters. The first-order valence-corrected chi connectivity index (χ1v) is 7.09. The second-order valence-corrected chi connectivity index (χ2v) is 5.49. The number of nitrogens with two attached hydrogens (primary N) is 1. The molecule has 7 nitrogen and oxygen atoms in total. The fraction of sp³-hybridized carbons (Fsp3) is 0.0833. The molecule has 8 heteroatoms. The standard InChI is InChI=1S/C12H12N2O5S/c13-20(17,18)10-5-1-4-9(12(15)16)11(10)14-7-8-3-2-6-19-8/h1-6,14H,7H2,(H,15,16)(H2,13,17,18). The van der Waals surface area contributed by atoms with E-state index in [0.29, 0.717) is 5.76 Å². The van der Waals surface area contributed by atoms with E-state index in [1.54, 1.807) is 12.1 Å². The van der Waals surface area contributed by atoms with Crippen molar-refractivity contribution in [2.24, 2.45) is 5.14 Å². The van der Waals surface area contributed by atoms with Crippen LogP contribution in [0.3, 0.4) is 0 Å². The Hall–Kier alpha value is -2.32. The Kier molecular flexibility index (Phi) is 3.77. The van der Waals surface area contributed by atoms with E-state index in [1.807, 2.05) is 0 Å². The minimum atomic E-state index is -4.04. The largest absolute Gasteiger partial charge is 0.478 e. The van der Waals surface area contributed by atoms with Gasteiger partial charge in [-0.05, 0) is 24.3 Å². The third-order valence-electron chi connectivity index (χ3n) is 2.58. The van der Waals surface area contributed by atoms with Gasteiger partial charge < -0.3 is 14.8 Å². The van der Waals surface area contributed by atoms with E-state index < -0.39 is 16.0 Å². The maximum atomic E-state index is 11.5. The molecule has 0 saturated carbocycles. The third-order valence-corrected chi connectivity index (χ3v) is 3.54. The average molecular weight is 296 g/mol. The van der Waals surface area contributed by atoms with Crippen molar-refractivity contribution in [1.82, 2.24) is 0 Å². The van der Waals surface area contributed by atoms with Crippen molar-refractivity contribution in [3.8, 4) is 0 Å². The molecule has 2 rings (SSSR count). The van der Waals surface area contributed by atoms with Crippen molar-refractivity contribution in [3.63, 3.8) is 0 Å². The summed E-state index contributed by atoms with van der Waals surface area (Å²) < 4.78 is 28.1. The number of rotatable bonds is 5. The van der Waals surface area contributed by atoms with E-state index >= 15 is 0 Å². The molecule has 1 heterocycles. The minimum absolute atomic E-state index is 0.0566. The first-order valence-electron chi connectivity index (χ1n) is 5.55. The van der Waals surface area contributed by atoms with Crippen molar-refractivity contribution in [3.05, 3.63) is 47.9 Å². The van der Waals surface area contributed by atoms with Crippen molar-refractivity contribution in [1.29, 1.82) is 0 Å². The molecule has 1 aromatic heterocycles. The van der Waals surface area contributed by atoms with Crippen LogP contribution in [0.15, 0.2) is 45.9 Å². The highest BCUT2D eigenvalue weighted by molar-refractivity contribution is 7.89. The zero-order chi connectivity index (χ0) is 14.8. The maximum Gasteiger partial charge on any atom is 0.337 e. The van der Waals surface area contributed by atoms with Crippen LogP contribution in [0.5, 0.6) is 0 Å². The van der Waals surface area contributed by atoms with Gasteiger partial charge in [0, 0.05) is 0 Å². The summed E-state index contributed by atoms with van der Waals surface area (Å²) >= 11 is 0. The number of para-hydroxylation sites is 1. The van der Waals surface area contributed by atoms with Crippen LogP contribution in [0, 0.1) is 0 Å². The number of furan rings is 1. The molecule has 0 bridgehead atoms. The third kappa shape index (κ3) is 2.98. The molecule has 1 aromatic carbocycles. The van der Waals surface area contributed by atoms with Crippen molar-refractivity contribution in [2.45, 2.75) is 11.4 Å². The number of primary sulfonamides is 1. The normalized spacial score (nSPS) is 11.2. The monoisotopic (exact) mass is 296 g/mol. The van der Waals surface area contributed by atoms with Gasteiger partial charge in [0.15, 0.2) is 0 Å². The first-order chi connectivity index (χ1) is 9.39. The molecule has 0 amide bonds. The van der Waals surface area contributed by atoms with Gasteiger partial charge in [0.1, 0.15) is 10.7 Å². The predicted molar refractivity (Wildman–Crippen MR) is 70.8 cm³/mol. The minimum Gasteiger partial charge on any atom is -0.478 e. The lowest BCUT2D eigenvalue weighted by atomic mass is 10.1. The Morgan fingerprint density at radius 1 is 1.30 bits per heavy atom. The van der Waals surface area contributed by atoms with Gasteiger partial charge in [-0.15, -0.1) is 0 Å². The van der Waals surface area contributed by atoms with E-state index in [9.17, 15) is 13.2 Å². The lowest BCUT2D eigenvalue weighted by molar-refractivity contribution is 0.0697. The molecular formula is C12H12N2O5S. The highest BCUT2D eigenvalue weighted by atomic mass is 32.2.